The van der Waals surface area contributed by atoms with Gasteiger partial charge in [-0.1, -0.05) is 36.8 Å². The summed E-state index contributed by atoms with van der Waals surface area (Å²) in [6.45, 7) is 6.02. The largest absolute Gasteiger partial charge is 0.303 e. The Hall–Kier alpha value is -1.52. The highest BCUT2D eigenvalue weighted by Gasteiger charge is 2.14. The fourth-order valence-corrected chi connectivity index (χ4v) is 2.16. The van der Waals surface area contributed by atoms with Crippen LogP contribution in [0.5, 0.6) is 0 Å². The van der Waals surface area contributed by atoms with E-state index in [1.54, 1.807) is 0 Å². The zero-order valence-corrected chi connectivity index (χ0v) is 12.6. The molecule has 0 radical (unpaired) electrons. The molecule has 0 amide bonds. The quantitative estimate of drug-likeness (QED) is 0.394. The molecule has 0 heterocycles. The summed E-state index contributed by atoms with van der Waals surface area (Å²) in [6, 6.07) is 8.34. The first kappa shape index (κ1) is 16.5. The second kappa shape index (κ2) is 8.61. The Kier molecular flexibility index (Phi) is 7.12. The summed E-state index contributed by atoms with van der Waals surface area (Å²) >= 11 is 0. The van der Waals surface area contributed by atoms with Gasteiger partial charge < -0.3 is 4.79 Å². The number of ketones is 1. The summed E-state index contributed by atoms with van der Waals surface area (Å²) < 4.78 is 0. The number of carbonyl (C=O) groups excluding carboxylic acids is 2. The Labute approximate surface area is 121 Å². The predicted octanol–water partition coefficient (Wildman–Crippen LogP) is 2.21. The molecule has 0 spiro atoms. The van der Waals surface area contributed by atoms with Crippen molar-refractivity contribution in [3.05, 3.63) is 35.4 Å². The van der Waals surface area contributed by atoms with Gasteiger partial charge in [0.1, 0.15) is 6.29 Å². The maximum atomic E-state index is 11.6. The molecule has 1 rings (SSSR count). The van der Waals surface area contributed by atoms with Crippen LogP contribution in [0, 0.1) is 6.92 Å². The standard InChI is InChI=1S/C16H24N2O2/c1-4-9-18(13-16(20)8-10-19)17(3)12-15-7-5-6-14(2)11-15/h5-7,10-11H,4,8-9,12-13H2,1-3H3. The van der Waals surface area contributed by atoms with Crippen LogP contribution >= 0.6 is 0 Å². The molecule has 1 aromatic rings. The van der Waals surface area contributed by atoms with E-state index in [4.69, 9.17) is 0 Å². The molecule has 0 fully saturated rings. The number of aldehydes is 1. The highest BCUT2D eigenvalue weighted by atomic mass is 16.1. The van der Waals surface area contributed by atoms with Crippen LogP contribution in [0.25, 0.3) is 0 Å². The van der Waals surface area contributed by atoms with Gasteiger partial charge in [0, 0.05) is 20.1 Å². The molecule has 0 aliphatic rings. The van der Waals surface area contributed by atoms with Gasteiger partial charge in [0.05, 0.1) is 13.0 Å². The van der Waals surface area contributed by atoms with E-state index >= 15 is 0 Å². The number of hydrogen-bond acceptors (Lipinski definition) is 4. The Balaban J connectivity index is 2.65. The van der Waals surface area contributed by atoms with Crippen molar-refractivity contribution in [1.82, 2.24) is 10.0 Å². The van der Waals surface area contributed by atoms with Crippen LogP contribution in [0.4, 0.5) is 0 Å². The minimum Gasteiger partial charge on any atom is -0.303 e. The molecule has 110 valence electrons. The molecule has 0 saturated carbocycles. The van der Waals surface area contributed by atoms with Crippen LogP contribution in [-0.4, -0.2) is 42.2 Å². The van der Waals surface area contributed by atoms with Gasteiger partial charge in [0.15, 0.2) is 5.78 Å². The number of nitrogens with zero attached hydrogens (tertiary/aromatic N) is 2. The molecular weight excluding hydrogens is 252 g/mol. The maximum Gasteiger partial charge on any atom is 0.155 e. The topological polar surface area (TPSA) is 40.6 Å². The number of benzene rings is 1. The lowest BCUT2D eigenvalue weighted by atomic mass is 10.1. The van der Waals surface area contributed by atoms with Crippen molar-refractivity contribution in [3.8, 4) is 0 Å². The first-order valence-corrected chi connectivity index (χ1v) is 7.03. The molecule has 0 N–H and O–H groups in total. The molecule has 0 unspecified atom stereocenters. The summed E-state index contributed by atoms with van der Waals surface area (Å²) in [5, 5.41) is 4.06. The van der Waals surface area contributed by atoms with Crippen molar-refractivity contribution in [3.63, 3.8) is 0 Å². The molecule has 0 saturated heterocycles. The number of rotatable bonds is 9. The minimum atomic E-state index is -0.0375. The van der Waals surface area contributed by atoms with Gasteiger partial charge in [0.2, 0.25) is 0 Å². The molecule has 0 aliphatic carbocycles. The lowest BCUT2D eigenvalue weighted by molar-refractivity contribution is -0.127. The summed E-state index contributed by atoms with van der Waals surface area (Å²) in [5.41, 5.74) is 2.45. The fourth-order valence-electron chi connectivity index (χ4n) is 2.16. The average molecular weight is 276 g/mol. The van der Waals surface area contributed by atoms with Crippen molar-refractivity contribution in [2.75, 3.05) is 20.1 Å². The summed E-state index contributed by atoms with van der Waals surface area (Å²) in [4.78, 5) is 22.0. The zero-order chi connectivity index (χ0) is 15.0. The van der Waals surface area contributed by atoms with Crippen LogP contribution in [0.15, 0.2) is 24.3 Å². The van der Waals surface area contributed by atoms with Gasteiger partial charge in [-0.3, -0.25) is 4.79 Å². The molecule has 0 atom stereocenters. The number of Topliss-reactive ketones (excluding diaryl/α,β-unsaturated/α-hetero) is 1. The van der Waals surface area contributed by atoms with Crippen LogP contribution in [-0.2, 0) is 16.1 Å². The van der Waals surface area contributed by atoms with Crippen LogP contribution in [0.2, 0.25) is 0 Å². The first-order chi connectivity index (χ1) is 9.56. The Morgan fingerprint density at radius 2 is 2.10 bits per heavy atom. The molecule has 0 aliphatic heterocycles. The Morgan fingerprint density at radius 1 is 1.35 bits per heavy atom. The zero-order valence-electron chi connectivity index (χ0n) is 12.6. The Morgan fingerprint density at radius 3 is 2.70 bits per heavy atom. The maximum absolute atomic E-state index is 11.6. The molecule has 20 heavy (non-hydrogen) atoms. The van der Waals surface area contributed by atoms with E-state index in [0.29, 0.717) is 12.8 Å². The summed E-state index contributed by atoms with van der Waals surface area (Å²) in [6.07, 6.45) is 1.64. The lowest BCUT2D eigenvalue weighted by Crippen LogP contribution is -2.43. The number of hydrazine groups is 1. The molecule has 1 aromatic carbocycles. The minimum absolute atomic E-state index is 0.00149. The van der Waals surface area contributed by atoms with Crippen molar-refractivity contribution in [2.45, 2.75) is 33.2 Å². The average Bonchev–Trinajstić information content (AvgIpc) is 2.38. The van der Waals surface area contributed by atoms with Gasteiger partial charge in [-0.25, -0.2) is 10.0 Å². The fraction of sp³-hybridized carbons (Fsp3) is 0.500. The molecule has 4 heteroatoms. The smallest absolute Gasteiger partial charge is 0.155 e. The number of hydrogen-bond donors (Lipinski definition) is 0. The second-order valence-corrected chi connectivity index (χ2v) is 5.10. The third kappa shape index (κ3) is 5.63. The third-order valence-electron chi connectivity index (χ3n) is 3.13. The number of aryl methyl sites for hydroxylation is 1. The highest BCUT2D eigenvalue weighted by Crippen LogP contribution is 2.09. The SMILES string of the molecule is CCCN(CC(=O)CC=O)N(C)Cc1cccc(C)c1. The van der Waals surface area contributed by atoms with E-state index in [9.17, 15) is 9.59 Å². The van der Waals surface area contributed by atoms with E-state index in [1.807, 2.05) is 18.1 Å². The van der Waals surface area contributed by atoms with Crippen molar-refractivity contribution >= 4 is 12.1 Å². The molecular formula is C16H24N2O2. The van der Waals surface area contributed by atoms with Gasteiger partial charge in [-0.15, -0.1) is 0 Å². The van der Waals surface area contributed by atoms with Crippen molar-refractivity contribution < 1.29 is 9.59 Å². The summed E-state index contributed by atoms with van der Waals surface area (Å²) in [7, 11) is 1.98. The van der Waals surface area contributed by atoms with Crippen molar-refractivity contribution in [2.24, 2.45) is 0 Å². The summed E-state index contributed by atoms with van der Waals surface area (Å²) in [5.74, 6) is -0.0375. The Bertz CT molecular complexity index is 446. The molecule has 0 bridgehead atoms. The van der Waals surface area contributed by atoms with E-state index in [2.05, 4.69) is 37.1 Å². The second-order valence-electron chi connectivity index (χ2n) is 5.10. The number of carbonyl (C=O) groups is 2. The van der Waals surface area contributed by atoms with Gasteiger partial charge in [-0.2, -0.15) is 0 Å². The molecule has 0 aromatic heterocycles. The third-order valence-corrected chi connectivity index (χ3v) is 3.13. The molecule has 4 nitrogen and oxygen atoms in total. The van der Waals surface area contributed by atoms with Gasteiger partial charge >= 0.3 is 0 Å². The predicted molar refractivity (Wildman–Crippen MR) is 80.2 cm³/mol. The van der Waals surface area contributed by atoms with E-state index < -0.39 is 0 Å². The van der Waals surface area contributed by atoms with E-state index in [0.717, 1.165) is 19.5 Å². The van der Waals surface area contributed by atoms with Gasteiger partial charge in [0.25, 0.3) is 0 Å². The monoisotopic (exact) mass is 276 g/mol. The highest BCUT2D eigenvalue weighted by molar-refractivity contribution is 5.91. The van der Waals surface area contributed by atoms with Crippen LogP contribution < -0.4 is 0 Å². The lowest BCUT2D eigenvalue weighted by Gasteiger charge is -2.31. The van der Waals surface area contributed by atoms with Crippen LogP contribution in [0.1, 0.15) is 30.9 Å². The van der Waals surface area contributed by atoms with Crippen molar-refractivity contribution in [1.29, 1.82) is 0 Å². The van der Waals surface area contributed by atoms with Gasteiger partial charge in [-0.05, 0) is 18.9 Å². The van der Waals surface area contributed by atoms with E-state index in [1.165, 1.54) is 11.1 Å². The van der Waals surface area contributed by atoms with Crippen LogP contribution in [0.3, 0.4) is 0 Å². The first-order valence-electron chi connectivity index (χ1n) is 7.03. The normalized spacial score (nSPS) is 11.1. The van der Waals surface area contributed by atoms with E-state index in [-0.39, 0.29) is 12.2 Å².